The van der Waals surface area contributed by atoms with E-state index in [0.717, 1.165) is 6.42 Å². The van der Waals surface area contributed by atoms with Crippen molar-refractivity contribution in [3.63, 3.8) is 0 Å². The fourth-order valence-electron chi connectivity index (χ4n) is 1.78. The third-order valence-electron chi connectivity index (χ3n) is 3.04. The monoisotopic (exact) mass is 262 g/mol. The van der Waals surface area contributed by atoms with E-state index in [2.05, 4.69) is 5.10 Å². The van der Waals surface area contributed by atoms with Crippen molar-refractivity contribution in [2.24, 2.45) is 0 Å². The van der Waals surface area contributed by atoms with Crippen molar-refractivity contribution < 1.29 is 4.92 Å². The molecule has 0 aliphatic rings. The molecule has 0 aliphatic heterocycles. The molecule has 0 amide bonds. The first-order valence-electron chi connectivity index (χ1n) is 5.96. The van der Waals surface area contributed by atoms with E-state index in [9.17, 15) is 14.9 Å². The Morgan fingerprint density at radius 1 is 1.42 bits per heavy atom. The fourth-order valence-corrected chi connectivity index (χ4v) is 1.78. The zero-order valence-electron chi connectivity index (χ0n) is 10.7. The molecular formula is C12H14N4O3. The molecule has 100 valence electrons. The molecule has 0 spiro atoms. The normalized spacial score (nSPS) is 12.3. The van der Waals surface area contributed by atoms with Gasteiger partial charge in [-0.1, -0.05) is 19.1 Å². The maximum atomic E-state index is 12.2. The highest BCUT2D eigenvalue weighted by molar-refractivity contribution is 5.51. The van der Waals surface area contributed by atoms with Crippen LogP contribution >= 0.6 is 0 Å². The summed E-state index contributed by atoms with van der Waals surface area (Å²) in [5.74, 6) is 0. The Labute approximate surface area is 109 Å². The second-order valence-corrected chi connectivity index (χ2v) is 4.23. The van der Waals surface area contributed by atoms with Crippen molar-refractivity contribution in [2.75, 3.05) is 0 Å². The number of hydrogen-bond acceptors (Lipinski definition) is 4. The van der Waals surface area contributed by atoms with Crippen molar-refractivity contribution in [1.82, 2.24) is 14.3 Å². The average molecular weight is 262 g/mol. The number of nitro benzene ring substituents is 1. The molecule has 1 atom stereocenters. The topological polar surface area (TPSA) is 83.0 Å². The Morgan fingerprint density at radius 2 is 2.11 bits per heavy atom. The van der Waals surface area contributed by atoms with Gasteiger partial charge in [0, 0.05) is 6.07 Å². The minimum atomic E-state index is -0.512. The van der Waals surface area contributed by atoms with Gasteiger partial charge in [-0.05, 0) is 19.4 Å². The predicted octanol–water partition coefficient (Wildman–Crippen LogP) is 1.91. The van der Waals surface area contributed by atoms with E-state index >= 15 is 0 Å². The molecule has 2 aromatic rings. The first-order chi connectivity index (χ1) is 9.06. The number of para-hydroxylation sites is 2. The molecule has 0 saturated heterocycles. The quantitative estimate of drug-likeness (QED) is 0.622. The number of aromatic nitrogens is 3. The van der Waals surface area contributed by atoms with Crippen molar-refractivity contribution in [2.45, 2.75) is 26.3 Å². The van der Waals surface area contributed by atoms with Gasteiger partial charge in [-0.25, -0.2) is 14.0 Å². The van der Waals surface area contributed by atoms with E-state index in [1.807, 2.05) is 13.8 Å². The summed E-state index contributed by atoms with van der Waals surface area (Å²) in [5.41, 5.74) is -0.260. The van der Waals surface area contributed by atoms with Crippen LogP contribution in [0.5, 0.6) is 0 Å². The molecule has 0 N–H and O–H groups in total. The van der Waals surface area contributed by atoms with Crippen LogP contribution in [0.15, 0.2) is 35.4 Å². The van der Waals surface area contributed by atoms with Gasteiger partial charge in [-0.15, -0.1) is 0 Å². The maximum Gasteiger partial charge on any atom is 0.350 e. The van der Waals surface area contributed by atoms with E-state index in [0.29, 0.717) is 0 Å². The summed E-state index contributed by atoms with van der Waals surface area (Å²) in [4.78, 5) is 22.6. The molecule has 1 aromatic heterocycles. The predicted molar refractivity (Wildman–Crippen MR) is 69.5 cm³/mol. The van der Waals surface area contributed by atoms with E-state index in [4.69, 9.17) is 0 Å². The minimum absolute atomic E-state index is 0.0449. The highest BCUT2D eigenvalue weighted by Crippen LogP contribution is 2.20. The summed E-state index contributed by atoms with van der Waals surface area (Å²) in [5, 5.41) is 15.0. The summed E-state index contributed by atoms with van der Waals surface area (Å²) in [6, 6.07) is 6.06. The third-order valence-corrected chi connectivity index (χ3v) is 3.04. The number of nitro groups is 1. The van der Waals surface area contributed by atoms with Gasteiger partial charge in [-0.3, -0.25) is 10.1 Å². The molecule has 0 fully saturated rings. The van der Waals surface area contributed by atoms with Crippen LogP contribution in [-0.2, 0) is 0 Å². The Kier molecular flexibility index (Phi) is 3.46. The van der Waals surface area contributed by atoms with E-state index in [-0.39, 0.29) is 23.1 Å². The first-order valence-corrected chi connectivity index (χ1v) is 5.96. The van der Waals surface area contributed by atoms with Gasteiger partial charge in [0.05, 0.1) is 11.0 Å². The van der Waals surface area contributed by atoms with E-state index < -0.39 is 4.92 Å². The van der Waals surface area contributed by atoms with Gasteiger partial charge >= 0.3 is 5.69 Å². The second kappa shape index (κ2) is 5.05. The van der Waals surface area contributed by atoms with Crippen LogP contribution in [0.2, 0.25) is 0 Å². The zero-order valence-corrected chi connectivity index (χ0v) is 10.7. The lowest BCUT2D eigenvalue weighted by molar-refractivity contribution is -0.384. The largest absolute Gasteiger partial charge is 0.350 e. The van der Waals surface area contributed by atoms with Gasteiger partial charge < -0.3 is 0 Å². The molecule has 0 bridgehead atoms. The SMILES string of the molecule is CC[C@@H](C)n1ncn(-c2ccccc2[N+](=O)[O-])c1=O. The maximum absolute atomic E-state index is 12.2. The van der Waals surface area contributed by atoms with Crippen molar-refractivity contribution in [1.29, 1.82) is 0 Å². The van der Waals surface area contributed by atoms with E-state index in [1.54, 1.807) is 12.1 Å². The average Bonchev–Trinajstić information content (AvgIpc) is 2.79. The first kappa shape index (κ1) is 13.0. The second-order valence-electron chi connectivity index (χ2n) is 4.23. The van der Waals surface area contributed by atoms with Crippen molar-refractivity contribution in [3.8, 4) is 5.69 Å². The lowest BCUT2D eigenvalue weighted by Crippen LogP contribution is -2.26. The van der Waals surface area contributed by atoms with E-state index in [1.165, 1.54) is 27.7 Å². The van der Waals surface area contributed by atoms with Crippen LogP contribution in [0.4, 0.5) is 5.69 Å². The lowest BCUT2D eigenvalue weighted by atomic mass is 10.2. The Bertz CT molecular complexity index is 659. The molecule has 7 heteroatoms. The molecule has 0 radical (unpaired) electrons. The number of nitrogens with zero attached hydrogens (tertiary/aromatic N) is 4. The van der Waals surface area contributed by atoms with Crippen molar-refractivity contribution in [3.05, 3.63) is 51.2 Å². The van der Waals surface area contributed by atoms with Gasteiger partial charge in [0.15, 0.2) is 0 Å². The van der Waals surface area contributed by atoms with Crippen LogP contribution in [0.1, 0.15) is 26.3 Å². The minimum Gasteiger partial charge on any atom is -0.258 e. The van der Waals surface area contributed by atoms with Gasteiger partial charge in [0.2, 0.25) is 0 Å². The zero-order chi connectivity index (χ0) is 14.0. The van der Waals surface area contributed by atoms with Crippen LogP contribution in [0.3, 0.4) is 0 Å². The summed E-state index contributed by atoms with van der Waals surface area (Å²) < 4.78 is 2.53. The Morgan fingerprint density at radius 3 is 2.74 bits per heavy atom. The van der Waals surface area contributed by atoms with Crippen LogP contribution in [-0.4, -0.2) is 19.3 Å². The highest BCUT2D eigenvalue weighted by atomic mass is 16.6. The highest BCUT2D eigenvalue weighted by Gasteiger charge is 2.18. The molecule has 2 rings (SSSR count). The molecular weight excluding hydrogens is 248 g/mol. The van der Waals surface area contributed by atoms with Gasteiger partial charge in [-0.2, -0.15) is 5.10 Å². The molecule has 0 unspecified atom stereocenters. The molecule has 1 heterocycles. The van der Waals surface area contributed by atoms with Gasteiger partial charge in [0.25, 0.3) is 5.69 Å². The Hall–Kier alpha value is -2.44. The molecule has 1 aromatic carbocycles. The van der Waals surface area contributed by atoms with Crippen LogP contribution in [0, 0.1) is 10.1 Å². The molecule has 0 saturated carbocycles. The summed E-state index contributed by atoms with van der Waals surface area (Å²) in [6.07, 6.45) is 2.07. The van der Waals surface area contributed by atoms with Gasteiger partial charge in [0.1, 0.15) is 12.0 Å². The lowest BCUT2D eigenvalue weighted by Gasteiger charge is -2.06. The summed E-state index contributed by atoms with van der Waals surface area (Å²) >= 11 is 0. The molecule has 19 heavy (non-hydrogen) atoms. The summed E-state index contributed by atoms with van der Waals surface area (Å²) in [7, 11) is 0. The molecule has 0 aliphatic carbocycles. The van der Waals surface area contributed by atoms with Crippen LogP contribution in [0.25, 0.3) is 5.69 Å². The third kappa shape index (κ3) is 2.26. The van der Waals surface area contributed by atoms with Crippen molar-refractivity contribution >= 4 is 5.69 Å². The standard InChI is InChI=1S/C12H14N4O3/c1-3-9(2)15-12(17)14(8-13-15)10-6-4-5-7-11(10)16(18)19/h4-9H,3H2,1-2H3/t9-/m1/s1. The molecule has 7 nitrogen and oxygen atoms in total. The number of rotatable bonds is 4. The smallest absolute Gasteiger partial charge is 0.258 e. The number of benzene rings is 1. The number of hydrogen-bond donors (Lipinski definition) is 0. The summed E-state index contributed by atoms with van der Waals surface area (Å²) in [6.45, 7) is 3.82. The van der Waals surface area contributed by atoms with Crippen LogP contribution < -0.4 is 5.69 Å². The Balaban J connectivity index is 2.58. The fraction of sp³-hybridized carbons (Fsp3) is 0.333.